The van der Waals surface area contributed by atoms with Gasteiger partial charge in [-0.25, -0.2) is 9.98 Å². The highest BCUT2D eigenvalue weighted by atomic mass is 35.5. The van der Waals surface area contributed by atoms with Crippen LogP contribution in [0.15, 0.2) is 62.9 Å². The van der Waals surface area contributed by atoms with Crippen molar-refractivity contribution >= 4 is 40.4 Å². The maximum atomic E-state index is 9.28. The number of halogens is 1. The molecule has 1 aliphatic rings. The topological polar surface area (TPSA) is 115 Å². The third-order valence-corrected chi connectivity index (χ3v) is 3.86. The summed E-state index contributed by atoms with van der Waals surface area (Å²) in [7, 11) is 0. The number of aliphatic imine (C=N–C) groups is 2. The fourth-order valence-electron chi connectivity index (χ4n) is 2.33. The van der Waals surface area contributed by atoms with E-state index in [1.165, 1.54) is 0 Å². The van der Waals surface area contributed by atoms with Crippen LogP contribution in [0, 0.1) is 0 Å². The van der Waals surface area contributed by atoms with Gasteiger partial charge < -0.3 is 15.7 Å². The van der Waals surface area contributed by atoms with E-state index >= 15 is 0 Å². The van der Waals surface area contributed by atoms with Gasteiger partial charge in [0.15, 0.2) is 0 Å². The largest absolute Gasteiger partial charge is 0.411 e. The van der Waals surface area contributed by atoms with Crippen molar-refractivity contribution in [1.29, 1.82) is 0 Å². The van der Waals surface area contributed by atoms with Gasteiger partial charge in [-0.2, -0.15) is 0 Å². The van der Waals surface area contributed by atoms with E-state index in [0.29, 0.717) is 39.4 Å². The van der Waals surface area contributed by atoms with Gasteiger partial charge in [0.2, 0.25) is 5.96 Å². The zero-order valence-electron chi connectivity index (χ0n) is 13.8. The molecule has 26 heavy (non-hydrogen) atoms. The Labute approximate surface area is 154 Å². The van der Waals surface area contributed by atoms with Gasteiger partial charge in [-0.1, -0.05) is 28.0 Å². The summed E-state index contributed by atoms with van der Waals surface area (Å²) < 4.78 is 0. The van der Waals surface area contributed by atoms with Crippen LogP contribution in [0.1, 0.15) is 18.2 Å². The van der Waals surface area contributed by atoms with Crippen molar-refractivity contribution in [3.05, 3.63) is 58.9 Å². The number of nitrogens with one attached hydrogen (secondary N) is 1. The number of rotatable bonds is 3. The van der Waals surface area contributed by atoms with Gasteiger partial charge in [-0.15, -0.1) is 0 Å². The fourth-order valence-corrected chi connectivity index (χ4v) is 2.52. The summed E-state index contributed by atoms with van der Waals surface area (Å²) in [6.45, 7) is 1.78. The van der Waals surface area contributed by atoms with E-state index in [2.05, 4.69) is 30.6 Å². The molecule has 0 atom stereocenters. The SMILES string of the molecule is CC(=NO)c1cc(C2=NC(Nc3cccc(Cl)c3)=NCC2=NO)ccn1. The zero-order valence-corrected chi connectivity index (χ0v) is 14.5. The summed E-state index contributed by atoms with van der Waals surface area (Å²) in [4.78, 5) is 12.9. The summed E-state index contributed by atoms with van der Waals surface area (Å²) >= 11 is 5.99. The van der Waals surface area contributed by atoms with Crippen molar-refractivity contribution < 1.29 is 10.4 Å². The molecule has 0 bridgehead atoms. The number of hydrogen-bond donors (Lipinski definition) is 3. The van der Waals surface area contributed by atoms with Crippen LogP contribution >= 0.6 is 11.6 Å². The van der Waals surface area contributed by atoms with E-state index in [1.807, 2.05) is 12.1 Å². The first kappa shape index (κ1) is 17.6. The minimum absolute atomic E-state index is 0.156. The van der Waals surface area contributed by atoms with Gasteiger partial charge in [0.1, 0.15) is 17.1 Å². The molecule has 1 aliphatic heterocycles. The zero-order chi connectivity index (χ0) is 18.5. The Hall–Kier alpha value is -3.26. The Bertz CT molecular complexity index is 952. The van der Waals surface area contributed by atoms with Crippen molar-refractivity contribution in [3.8, 4) is 0 Å². The van der Waals surface area contributed by atoms with Crippen molar-refractivity contribution in [2.75, 3.05) is 11.9 Å². The molecule has 0 fully saturated rings. The summed E-state index contributed by atoms with van der Waals surface area (Å²) in [6.07, 6.45) is 1.56. The fraction of sp³-hybridized carbons (Fsp3) is 0.118. The third kappa shape index (κ3) is 3.86. The van der Waals surface area contributed by atoms with Crippen molar-refractivity contribution in [2.45, 2.75) is 6.92 Å². The van der Waals surface area contributed by atoms with Crippen molar-refractivity contribution in [1.82, 2.24) is 4.98 Å². The second-order valence-corrected chi connectivity index (χ2v) is 5.83. The van der Waals surface area contributed by atoms with Crippen molar-refractivity contribution in [3.63, 3.8) is 0 Å². The molecule has 9 heteroatoms. The monoisotopic (exact) mass is 370 g/mol. The highest BCUT2D eigenvalue weighted by Gasteiger charge is 2.19. The lowest BCUT2D eigenvalue weighted by molar-refractivity contribution is 0.319. The first-order chi connectivity index (χ1) is 12.6. The molecule has 0 spiro atoms. The highest BCUT2D eigenvalue weighted by molar-refractivity contribution is 6.51. The molecule has 3 rings (SSSR count). The molecule has 2 heterocycles. The normalized spacial score (nSPS) is 16.2. The molecular formula is C17H15ClN6O2. The van der Waals surface area contributed by atoms with Crippen LogP contribution in [-0.4, -0.2) is 45.0 Å². The molecule has 0 saturated carbocycles. The maximum Gasteiger partial charge on any atom is 0.223 e. The van der Waals surface area contributed by atoms with Crippen molar-refractivity contribution in [2.24, 2.45) is 20.3 Å². The molecule has 0 saturated heterocycles. The van der Waals surface area contributed by atoms with Gasteiger partial charge in [-0.3, -0.25) is 4.98 Å². The summed E-state index contributed by atoms with van der Waals surface area (Å²) in [5.41, 5.74) is 3.00. The number of benzene rings is 1. The molecule has 8 nitrogen and oxygen atoms in total. The predicted molar refractivity (Wildman–Crippen MR) is 101 cm³/mol. The first-order valence-corrected chi connectivity index (χ1v) is 8.01. The Kier molecular flexibility index (Phi) is 5.23. The molecule has 0 aliphatic carbocycles. The number of guanidine groups is 1. The maximum absolute atomic E-state index is 9.28. The second kappa shape index (κ2) is 7.75. The van der Waals surface area contributed by atoms with Gasteiger partial charge >= 0.3 is 0 Å². The van der Waals surface area contributed by atoms with E-state index < -0.39 is 0 Å². The number of anilines is 1. The molecular weight excluding hydrogens is 356 g/mol. The third-order valence-electron chi connectivity index (χ3n) is 3.63. The van der Waals surface area contributed by atoms with E-state index in [-0.39, 0.29) is 6.54 Å². The van der Waals surface area contributed by atoms with Crippen LogP contribution in [0.3, 0.4) is 0 Å². The molecule has 132 valence electrons. The Morgan fingerprint density at radius 3 is 2.81 bits per heavy atom. The summed E-state index contributed by atoms with van der Waals surface area (Å²) in [6, 6.07) is 10.6. The number of nitrogens with zero attached hydrogens (tertiary/aromatic N) is 5. The molecule has 2 aromatic rings. The number of hydrogen-bond acceptors (Lipinski definition) is 8. The predicted octanol–water partition coefficient (Wildman–Crippen LogP) is 3.03. The molecule has 1 aromatic carbocycles. The first-order valence-electron chi connectivity index (χ1n) is 7.63. The smallest absolute Gasteiger partial charge is 0.223 e. The molecule has 0 unspecified atom stereocenters. The Balaban J connectivity index is 1.95. The minimum atomic E-state index is 0.156. The Morgan fingerprint density at radius 1 is 1.23 bits per heavy atom. The lowest BCUT2D eigenvalue weighted by Crippen LogP contribution is -2.28. The minimum Gasteiger partial charge on any atom is -0.411 e. The van der Waals surface area contributed by atoms with Gasteiger partial charge in [0.05, 0.1) is 12.2 Å². The van der Waals surface area contributed by atoms with Crippen LogP contribution in [-0.2, 0) is 0 Å². The van der Waals surface area contributed by atoms with Gasteiger partial charge in [-0.05, 0) is 37.3 Å². The van der Waals surface area contributed by atoms with Crippen LogP contribution < -0.4 is 5.32 Å². The van der Waals surface area contributed by atoms with E-state index in [0.717, 1.165) is 5.69 Å². The Morgan fingerprint density at radius 2 is 2.08 bits per heavy atom. The van der Waals surface area contributed by atoms with Crippen LogP contribution in [0.25, 0.3) is 0 Å². The number of aromatic nitrogens is 1. The highest BCUT2D eigenvalue weighted by Crippen LogP contribution is 2.16. The quantitative estimate of drug-likeness (QED) is 0.437. The van der Waals surface area contributed by atoms with Crippen LogP contribution in [0.2, 0.25) is 5.02 Å². The molecule has 0 amide bonds. The van der Waals surface area contributed by atoms with Gasteiger partial charge in [0, 0.05) is 22.5 Å². The summed E-state index contributed by atoms with van der Waals surface area (Å²) in [5, 5.41) is 28.3. The summed E-state index contributed by atoms with van der Waals surface area (Å²) in [5.74, 6) is 0.362. The molecule has 1 aromatic heterocycles. The van der Waals surface area contributed by atoms with E-state index in [1.54, 1.807) is 37.4 Å². The second-order valence-electron chi connectivity index (χ2n) is 5.40. The molecule has 0 radical (unpaired) electrons. The standard InChI is InChI=1S/C17H15ClN6O2/c1-10(23-25)14-7-11(5-6-19-14)16-15(24-26)9-20-17(22-16)21-13-4-2-3-12(18)8-13/h2-8,25-26H,9H2,1H3,(H,20,21). The van der Waals surface area contributed by atoms with Gasteiger partial charge in [0.25, 0.3) is 0 Å². The lowest BCUT2D eigenvalue weighted by atomic mass is 10.0. The van der Waals surface area contributed by atoms with Crippen LogP contribution in [0.5, 0.6) is 0 Å². The van der Waals surface area contributed by atoms with E-state index in [4.69, 9.17) is 16.8 Å². The number of pyridine rings is 1. The molecule has 3 N–H and O–H groups in total. The lowest BCUT2D eigenvalue weighted by Gasteiger charge is -2.15. The average Bonchev–Trinajstić information content (AvgIpc) is 2.67. The van der Waals surface area contributed by atoms with Crippen LogP contribution in [0.4, 0.5) is 5.69 Å². The number of oxime groups is 2. The average molecular weight is 371 g/mol. The van der Waals surface area contributed by atoms with E-state index in [9.17, 15) is 5.21 Å².